The van der Waals surface area contributed by atoms with E-state index >= 15 is 0 Å². The number of carbonyl (C=O) groups excluding carboxylic acids is 1. The van der Waals surface area contributed by atoms with E-state index in [1.54, 1.807) is 11.0 Å². The van der Waals surface area contributed by atoms with E-state index in [0.717, 1.165) is 46.1 Å². The first-order chi connectivity index (χ1) is 12.7. The Labute approximate surface area is 168 Å². The molecule has 1 aliphatic rings. The molecule has 0 saturated heterocycles. The van der Waals surface area contributed by atoms with E-state index in [1.165, 1.54) is 12.1 Å². The van der Waals surface area contributed by atoms with Gasteiger partial charge < -0.3 is 4.74 Å². The van der Waals surface area contributed by atoms with Crippen LogP contribution in [0.25, 0.3) is 0 Å². The standard InChI is InChI=1S/C22H25BrFNO2/c1-5-14-11-17(23)12-16-9-10-19(15-7-6-8-18(24)13-15)25(20(14)16)21(26)27-22(2,3)4/h6-8,11-13,19H,5,9-10H2,1-4H3. The molecule has 1 amide bonds. The topological polar surface area (TPSA) is 29.5 Å². The maximum atomic E-state index is 13.9. The zero-order valence-corrected chi connectivity index (χ0v) is 17.8. The second-order valence-corrected chi connectivity index (χ2v) is 8.80. The van der Waals surface area contributed by atoms with E-state index in [4.69, 9.17) is 4.74 Å². The Bertz CT molecular complexity index is 843. The number of carbonyl (C=O) groups is 1. The second kappa shape index (κ2) is 7.63. The molecule has 0 N–H and O–H groups in total. The number of aryl methyl sites for hydroxylation is 2. The van der Waals surface area contributed by atoms with Crippen LogP contribution in [-0.4, -0.2) is 11.7 Å². The van der Waals surface area contributed by atoms with Crippen LogP contribution in [0.3, 0.4) is 0 Å². The third-order valence-electron chi connectivity index (χ3n) is 4.68. The molecule has 1 heterocycles. The number of amides is 1. The first kappa shape index (κ1) is 19.9. The molecular weight excluding hydrogens is 409 g/mol. The lowest BCUT2D eigenvalue weighted by molar-refractivity contribution is 0.0559. The molecule has 1 aliphatic heterocycles. The van der Waals surface area contributed by atoms with Crippen LogP contribution >= 0.6 is 15.9 Å². The molecule has 0 spiro atoms. The maximum Gasteiger partial charge on any atom is 0.415 e. The summed E-state index contributed by atoms with van der Waals surface area (Å²) in [5.74, 6) is -0.297. The van der Waals surface area contributed by atoms with Gasteiger partial charge in [-0.25, -0.2) is 9.18 Å². The van der Waals surface area contributed by atoms with Crippen molar-refractivity contribution in [3.63, 3.8) is 0 Å². The number of hydrogen-bond donors (Lipinski definition) is 0. The minimum atomic E-state index is -0.608. The van der Waals surface area contributed by atoms with Crippen LogP contribution in [0.4, 0.5) is 14.9 Å². The van der Waals surface area contributed by atoms with Gasteiger partial charge >= 0.3 is 6.09 Å². The molecule has 0 aliphatic carbocycles. The number of halogens is 2. The van der Waals surface area contributed by atoms with Gasteiger partial charge in [-0.05, 0) is 81.0 Å². The average Bonchev–Trinajstić information content (AvgIpc) is 2.58. The van der Waals surface area contributed by atoms with Gasteiger partial charge in [-0.15, -0.1) is 0 Å². The number of nitrogens with zero attached hydrogens (tertiary/aromatic N) is 1. The summed E-state index contributed by atoms with van der Waals surface area (Å²) in [6.07, 6.45) is 1.93. The smallest absolute Gasteiger partial charge is 0.415 e. The Morgan fingerprint density at radius 1 is 1.30 bits per heavy atom. The van der Waals surface area contributed by atoms with E-state index in [9.17, 15) is 9.18 Å². The largest absolute Gasteiger partial charge is 0.443 e. The minimum absolute atomic E-state index is 0.255. The van der Waals surface area contributed by atoms with Crippen LogP contribution in [-0.2, 0) is 17.6 Å². The van der Waals surface area contributed by atoms with E-state index in [-0.39, 0.29) is 11.9 Å². The summed E-state index contributed by atoms with van der Waals surface area (Å²) in [7, 11) is 0. The molecule has 0 radical (unpaired) electrons. The van der Waals surface area contributed by atoms with E-state index in [1.807, 2.05) is 32.9 Å². The SMILES string of the molecule is CCc1cc(Br)cc2c1N(C(=O)OC(C)(C)C)C(c1cccc(F)c1)CC2. The molecule has 1 unspecified atom stereocenters. The van der Waals surface area contributed by atoms with Crippen molar-refractivity contribution < 1.29 is 13.9 Å². The summed E-state index contributed by atoms with van der Waals surface area (Å²) in [5.41, 5.74) is 3.26. The molecule has 144 valence electrons. The Hall–Kier alpha value is -1.88. The first-order valence-electron chi connectivity index (χ1n) is 9.28. The van der Waals surface area contributed by atoms with E-state index in [0.29, 0.717) is 0 Å². The fraction of sp³-hybridized carbons (Fsp3) is 0.409. The van der Waals surface area contributed by atoms with Crippen LogP contribution in [0, 0.1) is 5.82 Å². The van der Waals surface area contributed by atoms with E-state index < -0.39 is 11.7 Å². The lowest BCUT2D eigenvalue weighted by Crippen LogP contribution is -2.42. The zero-order chi connectivity index (χ0) is 19.8. The molecule has 0 aromatic heterocycles. The third kappa shape index (κ3) is 4.34. The quantitative estimate of drug-likeness (QED) is 0.535. The summed E-state index contributed by atoms with van der Waals surface area (Å²) >= 11 is 3.57. The monoisotopic (exact) mass is 433 g/mol. The zero-order valence-electron chi connectivity index (χ0n) is 16.2. The highest BCUT2D eigenvalue weighted by Gasteiger charge is 2.36. The van der Waals surface area contributed by atoms with Gasteiger partial charge in [-0.1, -0.05) is 35.0 Å². The molecular formula is C22H25BrFNO2. The fourth-order valence-electron chi connectivity index (χ4n) is 3.62. The van der Waals surface area contributed by atoms with Crippen molar-refractivity contribution in [2.24, 2.45) is 0 Å². The normalized spacial score (nSPS) is 16.8. The summed E-state index contributed by atoms with van der Waals surface area (Å²) in [6.45, 7) is 7.64. The number of anilines is 1. The van der Waals surface area contributed by atoms with Crippen molar-refractivity contribution in [1.29, 1.82) is 0 Å². The summed E-state index contributed by atoms with van der Waals surface area (Å²) < 4.78 is 20.6. The third-order valence-corrected chi connectivity index (χ3v) is 5.13. The Balaban J connectivity index is 2.14. The van der Waals surface area contributed by atoms with Crippen LogP contribution < -0.4 is 4.90 Å². The highest BCUT2D eigenvalue weighted by molar-refractivity contribution is 9.10. The van der Waals surface area contributed by atoms with Gasteiger partial charge in [0.05, 0.1) is 11.7 Å². The van der Waals surface area contributed by atoms with Crippen molar-refractivity contribution in [2.75, 3.05) is 4.90 Å². The molecule has 0 fully saturated rings. The predicted octanol–water partition coefficient (Wildman–Crippen LogP) is 6.58. The minimum Gasteiger partial charge on any atom is -0.443 e. The molecule has 0 bridgehead atoms. The average molecular weight is 434 g/mol. The van der Waals surface area contributed by atoms with Crippen molar-refractivity contribution >= 4 is 27.7 Å². The van der Waals surface area contributed by atoms with Crippen molar-refractivity contribution in [2.45, 2.75) is 58.6 Å². The van der Waals surface area contributed by atoms with Crippen molar-refractivity contribution in [1.82, 2.24) is 0 Å². The van der Waals surface area contributed by atoms with Gasteiger partial charge in [0.1, 0.15) is 11.4 Å². The van der Waals surface area contributed by atoms with Crippen LogP contribution in [0.5, 0.6) is 0 Å². The number of benzene rings is 2. The fourth-order valence-corrected chi connectivity index (χ4v) is 4.18. The summed E-state index contributed by atoms with van der Waals surface area (Å²) in [6, 6.07) is 10.4. The number of hydrogen-bond acceptors (Lipinski definition) is 2. The van der Waals surface area contributed by atoms with Gasteiger partial charge in [-0.2, -0.15) is 0 Å². The Morgan fingerprint density at radius 3 is 2.67 bits per heavy atom. The van der Waals surface area contributed by atoms with Gasteiger partial charge in [-0.3, -0.25) is 4.90 Å². The van der Waals surface area contributed by atoms with Gasteiger partial charge in [0, 0.05) is 4.47 Å². The second-order valence-electron chi connectivity index (χ2n) is 7.89. The molecule has 3 nitrogen and oxygen atoms in total. The molecule has 2 aromatic carbocycles. The predicted molar refractivity (Wildman–Crippen MR) is 110 cm³/mol. The van der Waals surface area contributed by atoms with Gasteiger partial charge in [0.15, 0.2) is 0 Å². The molecule has 0 saturated carbocycles. The van der Waals surface area contributed by atoms with Crippen LogP contribution in [0.2, 0.25) is 0 Å². The Morgan fingerprint density at radius 2 is 2.04 bits per heavy atom. The number of ether oxygens (including phenoxy) is 1. The van der Waals surface area contributed by atoms with Crippen LogP contribution in [0.15, 0.2) is 40.9 Å². The summed E-state index contributed by atoms with van der Waals surface area (Å²) in [5, 5.41) is 0. The molecule has 3 rings (SSSR count). The Kier molecular flexibility index (Phi) is 5.61. The van der Waals surface area contributed by atoms with Gasteiger partial charge in [0.25, 0.3) is 0 Å². The molecule has 27 heavy (non-hydrogen) atoms. The highest BCUT2D eigenvalue weighted by atomic mass is 79.9. The van der Waals surface area contributed by atoms with E-state index in [2.05, 4.69) is 28.9 Å². The number of rotatable bonds is 2. The van der Waals surface area contributed by atoms with Crippen molar-refractivity contribution in [3.8, 4) is 0 Å². The highest BCUT2D eigenvalue weighted by Crippen LogP contribution is 2.43. The first-order valence-corrected chi connectivity index (χ1v) is 10.1. The molecule has 1 atom stereocenters. The van der Waals surface area contributed by atoms with Gasteiger partial charge in [0.2, 0.25) is 0 Å². The van der Waals surface area contributed by atoms with Crippen molar-refractivity contribution in [3.05, 3.63) is 63.4 Å². The van der Waals surface area contributed by atoms with Crippen LogP contribution in [0.1, 0.15) is 56.8 Å². The lowest BCUT2D eigenvalue weighted by Gasteiger charge is -2.39. The molecule has 5 heteroatoms. The lowest BCUT2D eigenvalue weighted by atomic mass is 9.89. The maximum absolute atomic E-state index is 13.9. The molecule has 2 aromatic rings. The number of fused-ring (bicyclic) bond motifs is 1. The summed E-state index contributed by atoms with van der Waals surface area (Å²) in [4.78, 5) is 14.9.